The Morgan fingerprint density at radius 1 is 0.977 bits per heavy atom. The molecule has 3 aromatic heterocycles. The van der Waals surface area contributed by atoms with Gasteiger partial charge >= 0.3 is 11.9 Å². The van der Waals surface area contributed by atoms with Crippen LogP contribution in [-0.4, -0.2) is 45.9 Å². The second-order valence-electron chi connectivity index (χ2n) is 9.92. The third-order valence-corrected chi connectivity index (χ3v) is 7.76. The summed E-state index contributed by atoms with van der Waals surface area (Å²) in [7, 11) is 3.59. The van der Waals surface area contributed by atoms with Crippen LogP contribution >= 0.6 is 11.3 Å². The van der Waals surface area contributed by atoms with Crippen LogP contribution in [0.2, 0.25) is 0 Å². The third-order valence-electron chi connectivity index (χ3n) is 6.46. The largest absolute Gasteiger partial charge is 0.468 e. The van der Waals surface area contributed by atoms with E-state index in [-0.39, 0.29) is 33.9 Å². The minimum atomic E-state index is -4.60. The first-order valence-electron chi connectivity index (χ1n) is 12.7. The number of nitrogens with zero attached hydrogens (tertiary/aromatic N) is 4. The highest BCUT2D eigenvalue weighted by molar-refractivity contribution is 7.22. The Hall–Kier alpha value is -4.56. The van der Waals surface area contributed by atoms with Crippen molar-refractivity contribution in [2.75, 3.05) is 26.4 Å². The van der Waals surface area contributed by atoms with Crippen LogP contribution in [0.3, 0.4) is 0 Å². The molecule has 0 atom stereocenters. The van der Waals surface area contributed by atoms with Gasteiger partial charge in [-0.1, -0.05) is 18.2 Å². The van der Waals surface area contributed by atoms with Gasteiger partial charge in [0, 0.05) is 28.7 Å². The van der Waals surface area contributed by atoms with Crippen molar-refractivity contribution in [3.8, 4) is 22.0 Å². The van der Waals surface area contributed by atoms with Gasteiger partial charge in [0.15, 0.2) is 6.61 Å². The first-order valence-corrected chi connectivity index (χ1v) is 13.6. The molecule has 43 heavy (non-hydrogen) atoms. The maximum atomic E-state index is 14.8. The smallest absolute Gasteiger partial charge is 0.422 e. The van der Waals surface area contributed by atoms with E-state index < -0.39 is 42.2 Å². The highest BCUT2D eigenvalue weighted by Crippen LogP contribution is 2.38. The molecule has 2 N–H and O–H groups in total. The van der Waals surface area contributed by atoms with Gasteiger partial charge in [-0.05, 0) is 55.6 Å². The fourth-order valence-corrected chi connectivity index (χ4v) is 5.86. The van der Waals surface area contributed by atoms with Crippen molar-refractivity contribution in [2.24, 2.45) is 0 Å². The van der Waals surface area contributed by atoms with E-state index in [0.29, 0.717) is 21.7 Å². The van der Waals surface area contributed by atoms with Crippen molar-refractivity contribution >= 4 is 27.2 Å². The summed E-state index contributed by atoms with van der Waals surface area (Å²) in [6.45, 7) is -1.86. The number of fused-ring (bicyclic) bond motifs is 1. The van der Waals surface area contributed by atoms with Gasteiger partial charge in [0.1, 0.15) is 16.5 Å². The quantitative estimate of drug-likeness (QED) is 0.190. The van der Waals surface area contributed by atoms with Gasteiger partial charge in [-0.15, -0.1) is 11.3 Å². The van der Waals surface area contributed by atoms with Crippen LogP contribution in [0.1, 0.15) is 11.1 Å². The number of alkyl halides is 3. The van der Waals surface area contributed by atoms with Crippen molar-refractivity contribution in [3.05, 3.63) is 104 Å². The Balaban J connectivity index is 1.79. The standard InChI is InChI=1S/C29H24F5N5O3S/c1-37(2)13-20-24-26(40)39(18-10-11-23(36-12-18)42-15-29(32,33)34)28(41)38(14-19-21(30)4-3-5-22(19)31)27(24)43-25(20)16-6-8-17(35)9-7-16/h3-12H,13-15,35H2,1-2H3. The molecule has 5 rings (SSSR count). The van der Waals surface area contributed by atoms with Gasteiger partial charge in [0.2, 0.25) is 5.88 Å². The monoisotopic (exact) mass is 617 g/mol. The highest BCUT2D eigenvalue weighted by atomic mass is 32.1. The van der Waals surface area contributed by atoms with E-state index in [9.17, 15) is 31.5 Å². The zero-order valence-corrected chi connectivity index (χ0v) is 23.6. The first kappa shape index (κ1) is 29.9. The number of nitrogen functional groups attached to an aromatic ring is 1. The SMILES string of the molecule is CN(C)Cc1c(-c2ccc(N)cc2)sc2c1c(=O)n(-c1ccc(OCC(F)(F)F)nc1)c(=O)n2Cc1c(F)cccc1F. The fraction of sp³-hybridized carbons (Fsp3) is 0.207. The highest BCUT2D eigenvalue weighted by Gasteiger charge is 2.29. The average Bonchev–Trinajstić information content (AvgIpc) is 3.30. The van der Waals surface area contributed by atoms with Gasteiger partial charge in [-0.2, -0.15) is 13.2 Å². The summed E-state index contributed by atoms with van der Waals surface area (Å²) in [6.07, 6.45) is -3.57. The van der Waals surface area contributed by atoms with Crippen LogP contribution in [0, 0.1) is 11.6 Å². The number of halogens is 5. The van der Waals surface area contributed by atoms with Crippen LogP contribution in [-0.2, 0) is 13.1 Å². The Morgan fingerprint density at radius 3 is 2.23 bits per heavy atom. The summed E-state index contributed by atoms with van der Waals surface area (Å²) in [5.74, 6) is -2.14. The summed E-state index contributed by atoms with van der Waals surface area (Å²) in [6, 6.07) is 12.5. The minimum Gasteiger partial charge on any atom is -0.468 e. The van der Waals surface area contributed by atoms with Crippen LogP contribution in [0.25, 0.3) is 26.3 Å². The number of ether oxygens (including phenoxy) is 1. The molecule has 0 fully saturated rings. The average molecular weight is 618 g/mol. The fourth-order valence-electron chi connectivity index (χ4n) is 4.56. The molecule has 8 nitrogen and oxygen atoms in total. The molecule has 5 aromatic rings. The van der Waals surface area contributed by atoms with Crippen LogP contribution in [0.15, 0.2) is 70.4 Å². The van der Waals surface area contributed by atoms with Crippen molar-refractivity contribution < 1.29 is 26.7 Å². The van der Waals surface area contributed by atoms with Crippen molar-refractivity contribution in [1.82, 2.24) is 19.0 Å². The maximum Gasteiger partial charge on any atom is 0.422 e. The van der Waals surface area contributed by atoms with Crippen LogP contribution in [0.4, 0.5) is 27.6 Å². The topological polar surface area (TPSA) is 95.4 Å². The lowest BCUT2D eigenvalue weighted by Crippen LogP contribution is -2.39. The van der Waals surface area contributed by atoms with E-state index in [1.165, 1.54) is 12.1 Å². The second kappa shape index (κ2) is 11.6. The lowest BCUT2D eigenvalue weighted by Gasteiger charge is -2.15. The molecule has 0 saturated heterocycles. The summed E-state index contributed by atoms with van der Waals surface area (Å²) in [5, 5.41) is 0.138. The minimum absolute atomic E-state index is 0.0740. The number of thiophene rings is 1. The normalized spacial score (nSPS) is 11.9. The number of anilines is 1. The molecule has 14 heteroatoms. The molecule has 0 amide bonds. The Morgan fingerprint density at radius 2 is 1.65 bits per heavy atom. The zero-order valence-electron chi connectivity index (χ0n) is 22.8. The second-order valence-corrected chi connectivity index (χ2v) is 10.9. The molecule has 0 radical (unpaired) electrons. The molecule has 0 spiro atoms. The molecule has 2 aromatic carbocycles. The third kappa shape index (κ3) is 6.15. The van der Waals surface area contributed by atoms with Crippen molar-refractivity contribution in [3.63, 3.8) is 0 Å². The van der Waals surface area contributed by atoms with Gasteiger partial charge < -0.3 is 15.4 Å². The molecular formula is C29H24F5N5O3S. The first-order chi connectivity index (χ1) is 20.3. The molecule has 0 aliphatic carbocycles. The lowest BCUT2D eigenvalue weighted by atomic mass is 10.1. The summed E-state index contributed by atoms with van der Waals surface area (Å²) < 4.78 is 73.9. The van der Waals surface area contributed by atoms with Gasteiger partial charge in [0.05, 0.1) is 23.8 Å². The van der Waals surface area contributed by atoms with Crippen LogP contribution in [0.5, 0.6) is 5.88 Å². The molecule has 3 heterocycles. The zero-order chi connectivity index (χ0) is 31.1. The van der Waals surface area contributed by atoms with Crippen molar-refractivity contribution in [2.45, 2.75) is 19.3 Å². The number of benzene rings is 2. The number of nitrogens with two attached hydrogens (primary N) is 1. The van der Waals surface area contributed by atoms with E-state index >= 15 is 0 Å². The summed E-state index contributed by atoms with van der Waals surface area (Å²) >= 11 is 1.12. The lowest BCUT2D eigenvalue weighted by molar-refractivity contribution is -0.154. The van der Waals surface area contributed by atoms with E-state index in [0.717, 1.165) is 44.9 Å². The molecular weight excluding hydrogens is 593 g/mol. The number of aromatic nitrogens is 3. The molecule has 224 valence electrons. The van der Waals surface area contributed by atoms with Gasteiger partial charge in [0.25, 0.3) is 5.56 Å². The maximum absolute atomic E-state index is 14.8. The Labute approximate surface area is 245 Å². The summed E-state index contributed by atoms with van der Waals surface area (Å²) in [4.78, 5) is 34.5. The van der Waals surface area contributed by atoms with E-state index in [1.807, 2.05) is 4.90 Å². The van der Waals surface area contributed by atoms with Crippen LogP contribution < -0.4 is 21.7 Å². The molecule has 0 aliphatic heterocycles. The number of rotatable bonds is 8. The molecule has 0 aliphatic rings. The van der Waals surface area contributed by atoms with E-state index in [2.05, 4.69) is 9.72 Å². The molecule has 0 unspecified atom stereocenters. The van der Waals surface area contributed by atoms with E-state index in [4.69, 9.17) is 5.73 Å². The number of hydrogen-bond donors (Lipinski definition) is 1. The number of pyridine rings is 1. The molecule has 0 saturated carbocycles. The predicted molar refractivity (Wildman–Crippen MR) is 154 cm³/mol. The Kier molecular flexibility index (Phi) is 8.08. The number of hydrogen-bond acceptors (Lipinski definition) is 7. The van der Waals surface area contributed by atoms with Gasteiger partial charge in [-0.3, -0.25) is 9.36 Å². The predicted octanol–water partition coefficient (Wildman–Crippen LogP) is 5.19. The Bertz CT molecular complexity index is 1890. The molecule has 0 bridgehead atoms. The summed E-state index contributed by atoms with van der Waals surface area (Å²) in [5.41, 5.74) is 5.55. The van der Waals surface area contributed by atoms with Crippen molar-refractivity contribution in [1.29, 1.82) is 0 Å². The van der Waals surface area contributed by atoms with E-state index in [1.54, 1.807) is 38.4 Å². The van der Waals surface area contributed by atoms with Gasteiger partial charge in [-0.25, -0.2) is 23.1 Å².